The zero-order chi connectivity index (χ0) is 21.6. The van der Waals surface area contributed by atoms with Gasteiger partial charge < -0.3 is 10.2 Å². The van der Waals surface area contributed by atoms with Crippen molar-refractivity contribution in [2.75, 3.05) is 0 Å². The van der Waals surface area contributed by atoms with Crippen molar-refractivity contribution in [2.24, 2.45) is 0 Å². The SMILES string of the molecule is O=S(=O)(O)C(c1ccccc1Cl)(c1cccc(O)c1Cl)c1c(Cl)ccc(O)c1Cl. The number of phenolic OH excluding ortho intramolecular Hbond substituents is 2. The summed E-state index contributed by atoms with van der Waals surface area (Å²) in [5.41, 5.74) is -0.765. The topological polar surface area (TPSA) is 94.8 Å². The first-order valence-corrected chi connectivity index (χ1v) is 10.9. The van der Waals surface area contributed by atoms with Crippen LogP contribution in [0.2, 0.25) is 20.1 Å². The Morgan fingerprint density at radius 3 is 1.90 bits per heavy atom. The number of hydrogen-bond acceptors (Lipinski definition) is 4. The van der Waals surface area contributed by atoms with E-state index in [1.54, 1.807) is 6.07 Å². The molecule has 0 amide bonds. The van der Waals surface area contributed by atoms with Gasteiger partial charge in [0.05, 0.1) is 10.0 Å². The summed E-state index contributed by atoms with van der Waals surface area (Å²) >= 11 is 25.2. The molecule has 3 rings (SSSR count). The van der Waals surface area contributed by atoms with E-state index < -0.39 is 31.4 Å². The summed E-state index contributed by atoms with van der Waals surface area (Å²) in [5.74, 6) is -0.931. The van der Waals surface area contributed by atoms with E-state index in [0.29, 0.717) is 0 Å². The van der Waals surface area contributed by atoms with Gasteiger partial charge in [0, 0.05) is 26.7 Å². The molecule has 0 aliphatic heterocycles. The molecule has 0 fully saturated rings. The van der Waals surface area contributed by atoms with Crippen LogP contribution < -0.4 is 0 Å². The van der Waals surface area contributed by atoms with Gasteiger partial charge in [-0.3, -0.25) is 4.55 Å². The second-order valence-corrected chi connectivity index (χ2v) is 9.16. The molecule has 0 spiro atoms. The van der Waals surface area contributed by atoms with Gasteiger partial charge in [0.25, 0.3) is 10.1 Å². The van der Waals surface area contributed by atoms with Crippen molar-refractivity contribution in [3.63, 3.8) is 0 Å². The first kappa shape index (κ1) is 22.0. The van der Waals surface area contributed by atoms with Gasteiger partial charge in [0.1, 0.15) is 11.5 Å². The Balaban J connectivity index is 2.71. The van der Waals surface area contributed by atoms with Gasteiger partial charge in [-0.15, -0.1) is 0 Å². The van der Waals surface area contributed by atoms with E-state index in [0.717, 1.165) is 0 Å². The lowest BCUT2D eigenvalue weighted by Crippen LogP contribution is -2.39. The Hall–Kier alpha value is -1.67. The van der Waals surface area contributed by atoms with E-state index >= 15 is 0 Å². The molecule has 152 valence electrons. The summed E-state index contributed by atoms with van der Waals surface area (Å²) < 4.78 is 34.1. The zero-order valence-electron chi connectivity index (χ0n) is 14.3. The van der Waals surface area contributed by atoms with Crippen molar-refractivity contribution in [3.8, 4) is 11.5 Å². The molecular formula is C19H12Cl4O5S. The van der Waals surface area contributed by atoms with Gasteiger partial charge >= 0.3 is 0 Å². The molecule has 29 heavy (non-hydrogen) atoms. The maximum absolute atomic E-state index is 13.0. The molecule has 3 aromatic carbocycles. The molecule has 0 aliphatic rings. The summed E-state index contributed by atoms with van der Waals surface area (Å²) in [6.07, 6.45) is 0. The highest BCUT2D eigenvalue weighted by Gasteiger charge is 2.53. The van der Waals surface area contributed by atoms with Crippen molar-refractivity contribution < 1.29 is 23.2 Å². The third kappa shape index (κ3) is 3.44. The summed E-state index contributed by atoms with van der Waals surface area (Å²) in [7, 11) is -5.17. The number of rotatable bonds is 4. The van der Waals surface area contributed by atoms with Gasteiger partial charge in [0.2, 0.25) is 0 Å². The maximum Gasteiger partial charge on any atom is 0.283 e. The van der Waals surface area contributed by atoms with E-state index in [2.05, 4.69) is 0 Å². The van der Waals surface area contributed by atoms with Crippen LogP contribution in [0.25, 0.3) is 0 Å². The van der Waals surface area contributed by atoms with Crippen LogP contribution in [0.3, 0.4) is 0 Å². The molecule has 10 heteroatoms. The monoisotopic (exact) mass is 492 g/mol. The Kier molecular flexibility index (Phi) is 5.98. The molecule has 0 aromatic heterocycles. The molecular weight excluding hydrogens is 482 g/mol. The molecule has 1 unspecified atom stereocenters. The van der Waals surface area contributed by atoms with Crippen LogP contribution in [0.15, 0.2) is 54.6 Å². The molecule has 0 heterocycles. The standard InChI is InChI=1S/C19H12Cl4O5S/c20-12-6-2-1-4-10(12)19(29(26,27)28,11-5-3-7-14(24)17(11)22)16-13(21)8-9-15(25)18(16)23/h1-9,24-25H,(H,26,27,28). The Morgan fingerprint density at radius 2 is 1.28 bits per heavy atom. The molecule has 3 aromatic rings. The number of hydrogen-bond donors (Lipinski definition) is 3. The highest BCUT2D eigenvalue weighted by atomic mass is 35.5. The van der Waals surface area contributed by atoms with E-state index in [-0.39, 0.29) is 31.8 Å². The largest absolute Gasteiger partial charge is 0.506 e. The fourth-order valence-corrected chi connectivity index (χ4v) is 6.02. The summed E-state index contributed by atoms with van der Waals surface area (Å²) in [6.45, 7) is 0. The Labute approximate surface area is 186 Å². The van der Waals surface area contributed by atoms with Crippen molar-refractivity contribution in [3.05, 3.63) is 91.4 Å². The van der Waals surface area contributed by atoms with Crippen LogP contribution in [0.4, 0.5) is 0 Å². The molecule has 0 aliphatic carbocycles. The van der Waals surface area contributed by atoms with Crippen LogP contribution in [-0.4, -0.2) is 23.2 Å². The molecule has 3 N–H and O–H groups in total. The van der Waals surface area contributed by atoms with Crippen LogP contribution in [-0.2, 0) is 14.9 Å². The molecule has 0 saturated carbocycles. The zero-order valence-corrected chi connectivity index (χ0v) is 18.1. The average molecular weight is 494 g/mol. The second-order valence-electron chi connectivity index (χ2n) is 6.03. The van der Waals surface area contributed by atoms with Crippen LogP contribution in [0.5, 0.6) is 11.5 Å². The minimum absolute atomic E-state index is 0.0555. The summed E-state index contributed by atoms with van der Waals surface area (Å²) in [4.78, 5) is 0. The van der Waals surface area contributed by atoms with Crippen molar-refractivity contribution in [1.29, 1.82) is 0 Å². The summed E-state index contributed by atoms with van der Waals surface area (Å²) in [5, 5.41) is 19.2. The van der Waals surface area contributed by atoms with Gasteiger partial charge in [-0.2, -0.15) is 8.42 Å². The van der Waals surface area contributed by atoms with Crippen LogP contribution in [0.1, 0.15) is 16.7 Å². The van der Waals surface area contributed by atoms with Gasteiger partial charge in [0.15, 0.2) is 4.75 Å². The highest BCUT2D eigenvalue weighted by Crippen LogP contribution is 2.54. The van der Waals surface area contributed by atoms with E-state index in [4.69, 9.17) is 46.4 Å². The number of phenols is 2. The average Bonchev–Trinajstić information content (AvgIpc) is 2.64. The quantitative estimate of drug-likeness (QED) is 0.311. The lowest BCUT2D eigenvalue weighted by atomic mass is 9.83. The number of aromatic hydroxyl groups is 2. The fraction of sp³-hybridized carbons (Fsp3) is 0.0526. The van der Waals surface area contributed by atoms with Crippen molar-refractivity contribution in [1.82, 2.24) is 0 Å². The van der Waals surface area contributed by atoms with Crippen molar-refractivity contribution in [2.45, 2.75) is 4.75 Å². The third-order valence-corrected chi connectivity index (χ3v) is 7.26. The minimum atomic E-state index is -5.17. The van der Waals surface area contributed by atoms with Crippen LogP contribution >= 0.6 is 46.4 Å². The second kappa shape index (κ2) is 7.87. The Bertz CT molecular complexity index is 1210. The van der Waals surface area contributed by atoms with E-state index in [1.165, 1.54) is 48.5 Å². The third-order valence-electron chi connectivity index (χ3n) is 4.42. The predicted octanol–water partition coefficient (Wildman–Crippen LogP) is 5.89. The van der Waals surface area contributed by atoms with E-state index in [1.807, 2.05) is 0 Å². The molecule has 5 nitrogen and oxygen atoms in total. The van der Waals surface area contributed by atoms with Crippen molar-refractivity contribution >= 4 is 56.5 Å². The number of benzene rings is 3. The Morgan fingerprint density at radius 1 is 0.690 bits per heavy atom. The first-order valence-electron chi connectivity index (χ1n) is 7.91. The van der Waals surface area contributed by atoms with E-state index in [9.17, 15) is 23.2 Å². The minimum Gasteiger partial charge on any atom is -0.506 e. The molecule has 0 bridgehead atoms. The highest BCUT2D eigenvalue weighted by molar-refractivity contribution is 7.87. The normalized spacial score (nSPS) is 13.8. The fourth-order valence-electron chi connectivity index (χ4n) is 3.22. The van der Waals surface area contributed by atoms with Crippen LogP contribution in [0, 0.1) is 0 Å². The number of halogens is 4. The van der Waals surface area contributed by atoms with Gasteiger partial charge in [-0.25, -0.2) is 0 Å². The maximum atomic E-state index is 13.0. The summed E-state index contributed by atoms with van der Waals surface area (Å²) in [6, 6.07) is 12.0. The lowest BCUT2D eigenvalue weighted by molar-refractivity contribution is 0.455. The van der Waals surface area contributed by atoms with Gasteiger partial charge in [-0.1, -0.05) is 76.7 Å². The molecule has 1 atom stereocenters. The predicted molar refractivity (Wildman–Crippen MR) is 114 cm³/mol. The van der Waals surface area contributed by atoms with Gasteiger partial charge in [-0.05, 0) is 24.3 Å². The molecule has 0 radical (unpaired) electrons. The first-order chi connectivity index (χ1) is 13.5. The smallest absolute Gasteiger partial charge is 0.283 e. The molecule has 0 saturated heterocycles. The lowest BCUT2D eigenvalue weighted by Gasteiger charge is -2.35.